The van der Waals surface area contributed by atoms with Crippen LogP contribution in [0.15, 0.2) is 72.9 Å². The Hall–Kier alpha value is -2.72. The Kier molecular flexibility index (Phi) is 6.55. The predicted octanol–water partition coefficient (Wildman–Crippen LogP) is 4.56. The van der Waals surface area contributed by atoms with Crippen LogP contribution in [-0.4, -0.2) is 17.4 Å². The van der Waals surface area contributed by atoms with Gasteiger partial charge in [0.1, 0.15) is 5.82 Å². The van der Waals surface area contributed by atoms with Crippen molar-refractivity contribution in [2.24, 2.45) is 0 Å². The Morgan fingerprint density at radius 2 is 1.89 bits per heavy atom. The van der Waals surface area contributed by atoms with Crippen molar-refractivity contribution in [1.82, 2.24) is 10.3 Å². The van der Waals surface area contributed by atoms with Crippen LogP contribution in [0.2, 0.25) is 5.02 Å². The first kappa shape index (κ1) is 19.1. The summed E-state index contributed by atoms with van der Waals surface area (Å²) >= 11 is 5.99. The highest BCUT2D eigenvalue weighted by molar-refractivity contribution is 6.30. The van der Waals surface area contributed by atoms with E-state index in [0.29, 0.717) is 24.4 Å². The van der Waals surface area contributed by atoms with Gasteiger partial charge in [0.25, 0.3) is 0 Å². The van der Waals surface area contributed by atoms with Gasteiger partial charge in [-0.05, 0) is 53.9 Å². The number of pyridine rings is 1. The molecule has 1 N–H and O–H groups in total. The number of aromatic nitrogens is 1. The van der Waals surface area contributed by atoms with Gasteiger partial charge in [0.15, 0.2) is 0 Å². The van der Waals surface area contributed by atoms with Crippen molar-refractivity contribution in [2.45, 2.75) is 18.8 Å². The first-order chi connectivity index (χ1) is 13.1. The van der Waals surface area contributed by atoms with Crippen LogP contribution in [0, 0.1) is 5.82 Å². The summed E-state index contributed by atoms with van der Waals surface area (Å²) < 4.78 is 13.3. The largest absolute Gasteiger partial charge is 0.355 e. The van der Waals surface area contributed by atoms with E-state index in [-0.39, 0.29) is 11.7 Å². The molecule has 3 rings (SSSR count). The number of hydrogen-bond donors (Lipinski definition) is 1. The van der Waals surface area contributed by atoms with Gasteiger partial charge in [0.2, 0.25) is 5.91 Å². The SMILES string of the molecule is O=C(NCCc1cccc(Cl)c1)C(Cc1ccccn1)c1ccc(F)cc1. The summed E-state index contributed by atoms with van der Waals surface area (Å²) in [6.45, 7) is 0.499. The second-order valence-electron chi connectivity index (χ2n) is 6.30. The molecule has 138 valence electrons. The molecule has 0 aliphatic rings. The van der Waals surface area contributed by atoms with Crippen molar-refractivity contribution in [3.05, 3.63) is 101 Å². The molecule has 0 spiro atoms. The molecule has 1 amide bonds. The molecule has 5 heteroatoms. The number of hydrogen-bond acceptors (Lipinski definition) is 2. The second kappa shape index (κ2) is 9.28. The summed E-state index contributed by atoms with van der Waals surface area (Å²) in [4.78, 5) is 17.1. The van der Waals surface area contributed by atoms with Gasteiger partial charge in [-0.1, -0.05) is 41.9 Å². The maximum atomic E-state index is 13.3. The minimum Gasteiger partial charge on any atom is -0.355 e. The Morgan fingerprint density at radius 3 is 2.59 bits per heavy atom. The number of carbonyl (C=O) groups is 1. The standard InChI is InChI=1S/C22H20ClFN2O/c23-18-5-3-4-16(14-18)11-13-26-22(27)21(15-20-6-1-2-12-25-20)17-7-9-19(24)10-8-17/h1-10,12,14,21H,11,13,15H2,(H,26,27). The average molecular weight is 383 g/mol. The van der Waals surface area contributed by atoms with Gasteiger partial charge in [-0.3, -0.25) is 9.78 Å². The van der Waals surface area contributed by atoms with Gasteiger partial charge in [-0.2, -0.15) is 0 Å². The van der Waals surface area contributed by atoms with E-state index in [2.05, 4.69) is 10.3 Å². The highest BCUT2D eigenvalue weighted by Crippen LogP contribution is 2.21. The van der Waals surface area contributed by atoms with Crippen LogP contribution >= 0.6 is 11.6 Å². The summed E-state index contributed by atoms with van der Waals surface area (Å²) in [6.07, 6.45) is 2.84. The fourth-order valence-corrected chi connectivity index (χ4v) is 3.14. The van der Waals surface area contributed by atoms with Gasteiger partial charge in [-0.15, -0.1) is 0 Å². The molecule has 0 bridgehead atoms. The Labute approximate surface area is 163 Å². The zero-order chi connectivity index (χ0) is 19.1. The molecule has 1 aromatic heterocycles. The lowest BCUT2D eigenvalue weighted by Crippen LogP contribution is -2.32. The van der Waals surface area contributed by atoms with E-state index in [1.165, 1.54) is 12.1 Å². The van der Waals surface area contributed by atoms with Crippen LogP contribution in [-0.2, 0) is 17.6 Å². The zero-order valence-corrected chi connectivity index (χ0v) is 15.5. The lowest BCUT2D eigenvalue weighted by Gasteiger charge is -2.17. The Morgan fingerprint density at radius 1 is 1.07 bits per heavy atom. The third kappa shape index (κ3) is 5.63. The molecule has 0 saturated carbocycles. The molecule has 27 heavy (non-hydrogen) atoms. The van der Waals surface area contributed by atoms with Crippen molar-refractivity contribution >= 4 is 17.5 Å². The fraction of sp³-hybridized carbons (Fsp3) is 0.182. The minimum absolute atomic E-state index is 0.103. The smallest absolute Gasteiger partial charge is 0.227 e. The van der Waals surface area contributed by atoms with Gasteiger partial charge in [0.05, 0.1) is 5.92 Å². The number of rotatable bonds is 7. The molecular formula is C22H20ClFN2O. The second-order valence-corrected chi connectivity index (χ2v) is 6.74. The number of amides is 1. The van der Waals surface area contributed by atoms with E-state index in [4.69, 9.17) is 11.6 Å². The van der Waals surface area contributed by atoms with Crippen molar-refractivity contribution in [3.63, 3.8) is 0 Å². The third-order valence-corrected chi connectivity index (χ3v) is 4.57. The van der Waals surface area contributed by atoms with Crippen LogP contribution in [0.4, 0.5) is 4.39 Å². The lowest BCUT2D eigenvalue weighted by atomic mass is 9.93. The van der Waals surface area contributed by atoms with Crippen LogP contribution < -0.4 is 5.32 Å². The Balaban J connectivity index is 1.69. The molecule has 1 heterocycles. The lowest BCUT2D eigenvalue weighted by molar-refractivity contribution is -0.122. The van der Waals surface area contributed by atoms with Crippen LogP contribution in [0.1, 0.15) is 22.7 Å². The maximum Gasteiger partial charge on any atom is 0.227 e. The van der Waals surface area contributed by atoms with Crippen LogP contribution in [0.5, 0.6) is 0 Å². The quantitative estimate of drug-likeness (QED) is 0.650. The number of carbonyl (C=O) groups excluding carboxylic acids is 1. The molecule has 0 aliphatic carbocycles. The maximum absolute atomic E-state index is 13.3. The van der Waals surface area contributed by atoms with Crippen molar-refractivity contribution in [1.29, 1.82) is 0 Å². The van der Waals surface area contributed by atoms with Crippen molar-refractivity contribution in [3.8, 4) is 0 Å². The topological polar surface area (TPSA) is 42.0 Å². The van der Waals surface area contributed by atoms with E-state index in [1.54, 1.807) is 18.3 Å². The first-order valence-corrected chi connectivity index (χ1v) is 9.17. The van der Waals surface area contributed by atoms with E-state index in [0.717, 1.165) is 16.8 Å². The molecule has 1 atom stereocenters. The number of nitrogens with zero attached hydrogens (tertiary/aromatic N) is 1. The van der Waals surface area contributed by atoms with E-state index < -0.39 is 5.92 Å². The molecule has 3 aromatic rings. The average Bonchev–Trinajstić information content (AvgIpc) is 2.68. The van der Waals surface area contributed by atoms with E-state index in [9.17, 15) is 9.18 Å². The monoisotopic (exact) mass is 382 g/mol. The predicted molar refractivity (Wildman–Crippen MR) is 105 cm³/mol. The van der Waals surface area contributed by atoms with Gasteiger partial charge in [0, 0.05) is 29.9 Å². The molecule has 2 aromatic carbocycles. The minimum atomic E-state index is -0.431. The first-order valence-electron chi connectivity index (χ1n) is 8.79. The van der Waals surface area contributed by atoms with E-state index in [1.807, 2.05) is 42.5 Å². The number of benzene rings is 2. The highest BCUT2D eigenvalue weighted by atomic mass is 35.5. The van der Waals surface area contributed by atoms with E-state index >= 15 is 0 Å². The molecule has 3 nitrogen and oxygen atoms in total. The normalized spacial score (nSPS) is 11.8. The number of halogens is 2. The molecule has 0 radical (unpaired) electrons. The summed E-state index contributed by atoms with van der Waals surface area (Å²) in [7, 11) is 0. The van der Waals surface area contributed by atoms with Gasteiger partial charge < -0.3 is 5.32 Å². The molecule has 0 aliphatic heterocycles. The summed E-state index contributed by atoms with van der Waals surface area (Å²) in [6, 6.07) is 19.2. The molecular weight excluding hydrogens is 363 g/mol. The zero-order valence-electron chi connectivity index (χ0n) is 14.7. The third-order valence-electron chi connectivity index (χ3n) is 4.33. The Bertz CT molecular complexity index is 884. The van der Waals surface area contributed by atoms with Crippen molar-refractivity contribution < 1.29 is 9.18 Å². The highest BCUT2D eigenvalue weighted by Gasteiger charge is 2.21. The van der Waals surface area contributed by atoms with Gasteiger partial charge >= 0.3 is 0 Å². The molecule has 0 saturated heterocycles. The van der Waals surface area contributed by atoms with Crippen LogP contribution in [0.3, 0.4) is 0 Å². The van der Waals surface area contributed by atoms with Crippen LogP contribution in [0.25, 0.3) is 0 Å². The molecule has 0 fully saturated rings. The summed E-state index contributed by atoms with van der Waals surface area (Å²) in [5.41, 5.74) is 2.64. The molecule has 1 unspecified atom stereocenters. The fourth-order valence-electron chi connectivity index (χ4n) is 2.93. The van der Waals surface area contributed by atoms with Crippen molar-refractivity contribution in [2.75, 3.05) is 6.54 Å². The number of nitrogens with one attached hydrogen (secondary N) is 1. The summed E-state index contributed by atoms with van der Waals surface area (Å²) in [5, 5.41) is 3.66. The summed E-state index contributed by atoms with van der Waals surface area (Å²) in [5.74, 6) is -0.856. The van der Waals surface area contributed by atoms with Gasteiger partial charge in [-0.25, -0.2) is 4.39 Å².